The van der Waals surface area contributed by atoms with Crippen LogP contribution in [-0.2, 0) is 6.42 Å². The van der Waals surface area contributed by atoms with Crippen molar-refractivity contribution >= 4 is 22.9 Å². The predicted molar refractivity (Wildman–Crippen MR) is 63.3 cm³/mol. The molecule has 0 atom stereocenters. The van der Waals surface area contributed by atoms with Crippen molar-refractivity contribution in [2.24, 2.45) is 0 Å². The second-order valence-corrected chi connectivity index (χ2v) is 4.55. The highest BCUT2D eigenvalue weighted by molar-refractivity contribution is 7.10. The minimum atomic E-state index is 0.737. The number of thiophene rings is 1. The summed E-state index contributed by atoms with van der Waals surface area (Å²) in [5.41, 5.74) is 2.21. The van der Waals surface area contributed by atoms with Gasteiger partial charge < -0.3 is 0 Å². The van der Waals surface area contributed by atoms with Gasteiger partial charge >= 0.3 is 0 Å². The molecule has 0 saturated carbocycles. The van der Waals surface area contributed by atoms with Gasteiger partial charge in [-0.2, -0.15) is 5.26 Å². The van der Waals surface area contributed by atoms with E-state index in [4.69, 9.17) is 16.9 Å². The van der Waals surface area contributed by atoms with E-state index >= 15 is 0 Å². The molecule has 0 radical (unpaired) electrons. The fourth-order valence-electron chi connectivity index (χ4n) is 1.44. The summed E-state index contributed by atoms with van der Waals surface area (Å²) < 4.78 is 0. The molecule has 1 aromatic carbocycles. The molecule has 0 aliphatic heterocycles. The largest absolute Gasteiger partial charge is 0.192 e. The number of hydrogen-bond acceptors (Lipinski definition) is 2. The first-order valence-corrected chi connectivity index (χ1v) is 5.76. The van der Waals surface area contributed by atoms with E-state index < -0.39 is 0 Å². The zero-order chi connectivity index (χ0) is 10.7. The van der Waals surface area contributed by atoms with Gasteiger partial charge in [-0.25, -0.2) is 0 Å². The Morgan fingerprint density at radius 1 is 1.33 bits per heavy atom. The zero-order valence-corrected chi connectivity index (χ0v) is 9.48. The second-order valence-electron chi connectivity index (χ2n) is 3.19. The van der Waals surface area contributed by atoms with Crippen LogP contribution in [0.1, 0.15) is 16.0 Å². The highest BCUT2D eigenvalue weighted by atomic mass is 35.5. The van der Waals surface area contributed by atoms with E-state index in [1.807, 2.05) is 35.7 Å². The van der Waals surface area contributed by atoms with Crippen LogP contribution < -0.4 is 0 Å². The lowest BCUT2D eigenvalue weighted by molar-refractivity contribution is 1.20. The van der Waals surface area contributed by atoms with Crippen molar-refractivity contribution < 1.29 is 0 Å². The molecule has 2 rings (SSSR count). The third kappa shape index (κ3) is 2.38. The van der Waals surface area contributed by atoms with Gasteiger partial charge in [-0.15, -0.1) is 11.3 Å². The van der Waals surface area contributed by atoms with E-state index in [9.17, 15) is 0 Å². The topological polar surface area (TPSA) is 23.8 Å². The summed E-state index contributed by atoms with van der Waals surface area (Å²) in [6.45, 7) is 0. The third-order valence-electron chi connectivity index (χ3n) is 2.13. The first-order chi connectivity index (χ1) is 7.29. The highest BCUT2D eigenvalue weighted by Crippen LogP contribution is 2.20. The molecule has 0 unspecified atom stereocenters. The quantitative estimate of drug-likeness (QED) is 0.773. The first-order valence-electron chi connectivity index (χ1n) is 4.50. The average Bonchev–Trinajstić information content (AvgIpc) is 2.65. The van der Waals surface area contributed by atoms with Gasteiger partial charge in [-0.3, -0.25) is 0 Å². The van der Waals surface area contributed by atoms with Crippen molar-refractivity contribution in [3.05, 3.63) is 56.7 Å². The van der Waals surface area contributed by atoms with Crippen molar-refractivity contribution in [3.8, 4) is 6.07 Å². The van der Waals surface area contributed by atoms with Crippen LogP contribution in [0.25, 0.3) is 0 Å². The Balaban J connectivity index is 2.26. The Morgan fingerprint density at radius 2 is 2.20 bits per heavy atom. The molecule has 2 aromatic rings. The smallest absolute Gasteiger partial charge is 0.110 e. The Labute approximate surface area is 97.6 Å². The van der Waals surface area contributed by atoms with Crippen molar-refractivity contribution in [1.29, 1.82) is 5.26 Å². The fraction of sp³-hybridized carbons (Fsp3) is 0.0833. The van der Waals surface area contributed by atoms with Crippen LogP contribution in [0.4, 0.5) is 0 Å². The summed E-state index contributed by atoms with van der Waals surface area (Å²) in [5.74, 6) is 0. The van der Waals surface area contributed by atoms with Gasteiger partial charge in [0.2, 0.25) is 0 Å². The van der Waals surface area contributed by atoms with Crippen LogP contribution in [-0.4, -0.2) is 0 Å². The van der Waals surface area contributed by atoms with E-state index in [1.165, 1.54) is 11.3 Å². The number of rotatable bonds is 2. The standard InChI is InChI=1S/C12H8ClNS/c13-11-3-1-2-9(7-11)6-10-4-5-15-12(10)8-14/h1-5,7H,6H2. The maximum Gasteiger partial charge on any atom is 0.110 e. The molecule has 0 aliphatic rings. The summed E-state index contributed by atoms with van der Waals surface area (Å²) in [6, 6.07) is 11.9. The summed E-state index contributed by atoms with van der Waals surface area (Å²) in [7, 11) is 0. The summed E-state index contributed by atoms with van der Waals surface area (Å²) >= 11 is 7.38. The van der Waals surface area contributed by atoms with Crippen molar-refractivity contribution in [1.82, 2.24) is 0 Å². The van der Waals surface area contributed by atoms with Crippen molar-refractivity contribution in [2.45, 2.75) is 6.42 Å². The molecule has 0 spiro atoms. The zero-order valence-electron chi connectivity index (χ0n) is 7.90. The van der Waals surface area contributed by atoms with Gasteiger partial charge in [0.25, 0.3) is 0 Å². The van der Waals surface area contributed by atoms with Crippen LogP contribution in [0.2, 0.25) is 5.02 Å². The van der Waals surface area contributed by atoms with E-state index in [0.717, 1.165) is 27.4 Å². The molecule has 0 saturated heterocycles. The fourth-order valence-corrected chi connectivity index (χ4v) is 2.37. The normalized spacial score (nSPS) is 9.87. The lowest BCUT2D eigenvalue weighted by atomic mass is 10.1. The molecule has 0 N–H and O–H groups in total. The highest BCUT2D eigenvalue weighted by Gasteiger charge is 2.04. The van der Waals surface area contributed by atoms with Crippen LogP contribution in [0, 0.1) is 11.3 Å². The monoisotopic (exact) mass is 233 g/mol. The Bertz CT molecular complexity index is 510. The van der Waals surface area contributed by atoms with Gasteiger partial charge in [0.1, 0.15) is 10.9 Å². The summed E-state index contributed by atoms with van der Waals surface area (Å²) in [5, 5.41) is 11.6. The maximum absolute atomic E-state index is 8.87. The SMILES string of the molecule is N#Cc1sccc1Cc1cccc(Cl)c1. The Morgan fingerprint density at radius 3 is 2.93 bits per heavy atom. The predicted octanol–water partition coefficient (Wildman–Crippen LogP) is 3.86. The van der Waals surface area contributed by atoms with E-state index in [2.05, 4.69) is 6.07 Å². The summed E-state index contributed by atoms with van der Waals surface area (Å²) in [6.07, 6.45) is 0.771. The Kier molecular flexibility index (Phi) is 3.05. The maximum atomic E-state index is 8.87. The van der Waals surface area contributed by atoms with Gasteiger partial charge in [0.05, 0.1) is 0 Å². The van der Waals surface area contributed by atoms with Crippen LogP contribution in [0.15, 0.2) is 35.7 Å². The van der Waals surface area contributed by atoms with Crippen LogP contribution >= 0.6 is 22.9 Å². The Hall–Kier alpha value is -1.30. The van der Waals surface area contributed by atoms with Gasteiger partial charge in [0, 0.05) is 5.02 Å². The summed E-state index contributed by atoms with van der Waals surface area (Å²) in [4.78, 5) is 0.787. The van der Waals surface area contributed by atoms with Gasteiger partial charge in [-0.05, 0) is 41.1 Å². The molecule has 3 heteroatoms. The molecule has 1 nitrogen and oxygen atoms in total. The van der Waals surface area contributed by atoms with Gasteiger partial charge in [-0.1, -0.05) is 23.7 Å². The molecule has 0 bridgehead atoms. The molecule has 74 valence electrons. The number of nitriles is 1. The molecule has 0 fully saturated rings. The van der Waals surface area contributed by atoms with Crippen molar-refractivity contribution in [3.63, 3.8) is 0 Å². The van der Waals surface area contributed by atoms with E-state index in [-0.39, 0.29) is 0 Å². The lowest BCUT2D eigenvalue weighted by Gasteiger charge is -2.00. The minimum Gasteiger partial charge on any atom is -0.192 e. The number of benzene rings is 1. The lowest BCUT2D eigenvalue weighted by Crippen LogP contribution is -1.87. The number of halogens is 1. The molecular formula is C12H8ClNS. The molecule has 0 aliphatic carbocycles. The molecule has 1 aromatic heterocycles. The van der Waals surface area contributed by atoms with Gasteiger partial charge in [0.15, 0.2) is 0 Å². The van der Waals surface area contributed by atoms with E-state index in [0.29, 0.717) is 0 Å². The minimum absolute atomic E-state index is 0.737. The molecule has 1 heterocycles. The number of nitrogens with zero attached hydrogens (tertiary/aromatic N) is 1. The average molecular weight is 234 g/mol. The van der Waals surface area contributed by atoms with Crippen LogP contribution in [0.5, 0.6) is 0 Å². The molecule has 0 amide bonds. The molecular weight excluding hydrogens is 226 g/mol. The third-order valence-corrected chi connectivity index (χ3v) is 3.23. The van der Waals surface area contributed by atoms with Crippen molar-refractivity contribution in [2.75, 3.05) is 0 Å². The number of hydrogen-bond donors (Lipinski definition) is 0. The second kappa shape index (κ2) is 4.48. The van der Waals surface area contributed by atoms with Crippen LogP contribution in [0.3, 0.4) is 0 Å². The van der Waals surface area contributed by atoms with E-state index in [1.54, 1.807) is 0 Å². The first kappa shape index (κ1) is 10.2. The molecule has 15 heavy (non-hydrogen) atoms.